The third-order valence-electron chi connectivity index (χ3n) is 6.98. The third-order valence-corrected chi connectivity index (χ3v) is 6.98. The first-order valence-corrected chi connectivity index (χ1v) is 12.6. The van der Waals surface area contributed by atoms with Crippen LogP contribution in [-0.4, -0.2) is 58.7 Å². The molecular formula is C28H21F3N6O4. The van der Waals surface area contributed by atoms with E-state index in [0.29, 0.717) is 17.7 Å². The van der Waals surface area contributed by atoms with Gasteiger partial charge >= 0.3 is 6.61 Å². The van der Waals surface area contributed by atoms with Gasteiger partial charge in [-0.05, 0) is 53.6 Å². The first-order valence-electron chi connectivity index (χ1n) is 12.6. The minimum absolute atomic E-state index is 0.00750. The highest BCUT2D eigenvalue weighted by Crippen LogP contribution is 2.35. The summed E-state index contributed by atoms with van der Waals surface area (Å²) in [4.78, 5) is 40.7. The number of halogens is 3. The summed E-state index contributed by atoms with van der Waals surface area (Å²) in [6.45, 7) is -3.35. The zero-order chi connectivity index (χ0) is 28.7. The molecule has 0 bridgehead atoms. The van der Waals surface area contributed by atoms with Crippen molar-refractivity contribution in [1.29, 1.82) is 0 Å². The van der Waals surface area contributed by atoms with Crippen LogP contribution < -0.4 is 9.64 Å². The second-order valence-electron chi connectivity index (χ2n) is 9.50. The average Bonchev–Trinajstić information content (AvgIpc) is 3.65. The maximum Gasteiger partial charge on any atom is 0.387 e. The highest BCUT2D eigenvalue weighted by molar-refractivity contribution is 6.25. The summed E-state index contributed by atoms with van der Waals surface area (Å²) in [5.74, 6) is -2.45. The molecule has 10 nitrogen and oxygen atoms in total. The van der Waals surface area contributed by atoms with E-state index in [4.69, 9.17) is 0 Å². The molecule has 0 N–H and O–H groups in total. The quantitative estimate of drug-likeness (QED) is 0.403. The molecule has 3 aliphatic rings. The van der Waals surface area contributed by atoms with E-state index in [1.807, 2.05) is 30.3 Å². The number of carbonyl (C=O) groups is 3. The summed E-state index contributed by atoms with van der Waals surface area (Å²) >= 11 is 0. The van der Waals surface area contributed by atoms with Crippen LogP contribution in [0.4, 0.5) is 18.9 Å². The number of anilines is 1. The van der Waals surface area contributed by atoms with Crippen LogP contribution in [0.15, 0.2) is 94.3 Å². The van der Waals surface area contributed by atoms with Crippen molar-refractivity contribution in [3.63, 3.8) is 0 Å². The zero-order valence-corrected chi connectivity index (χ0v) is 21.2. The lowest BCUT2D eigenvalue weighted by Gasteiger charge is -2.25. The number of amides is 3. The van der Waals surface area contributed by atoms with Gasteiger partial charge in [-0.2, -0.15) is 19.0 Å². The molecule has 3 aromatic carbocycles. The molecule has 0 spiro atoms. The highest BCUT2D eigenvalue weighted by atomic mass is 19.3. The van der Waals surface area contributed by atoms with Crippen molar-refractivity contribution >= 4 is 29.1 Å². The smallest absolute Gasteiger partial charge is 0.387 e. The van der Waals surface area contributed by atoms with Gasteiger partial charge in [0.05, 0.1) is 17.4 Å². The number of hydrogen-bond acceptors (Lipinski definition) is 8. The monoisotopic (exact) mass is 562 g/mol. The van der Waals surface area contributed by atoms with Crippen LogP contribution in [0.2, 0.25) is 0 Å². The van der Waals surface area contributed by atoms with Gasteiger partial charge in [0.1, 0.15) is 18.1 Å². The van der Waals surface area contributed by atoms with E-state index in [9.17, 15) is 27.6 Å². The molecular weight excluding hydrogens is 541 g/mol. The van der Waals surface area contributed by atoms with Crippen molar-refractivity contribution in [3.8, 4) is 5.75 Å². The molecule has 3 unspecified atom stereocenters. The minimum Gasteiger partial charge on any atom is -0.435 e. The Bertz CT molecular complexity index is 1570. The average molecular weight is 563 g/mol. The van der Waals surface area contributed by atoms with E-state index < -0.39 is 54.8 Å². The SMILES string of the molecule is O=C1C2N=NN(CC(=O)N3N=C(c4ccc(OC(F)F)cc4)CC3c3ccccc3)C2C(=O)N1c1cccc(F)c1. The molecule has 3 aromatic rings. The molecule has 0 saturated carbocycles. The molecule has 6 rings (SSSR count). The van der Waals surface area contributed by atoms with Gasteiger partial charge in [-0.3, -0.25) is 19.4 Å². The predicted molar refractivity (Wildman–Crippen MR) is 138 cm³/mol. The second-order valence-corrected chi connectivity index (χ2v) is 9.50. The molecule has 1 fully saturated rings. The van der Waals surface area contributed by atoms with Gasteiger partial charge in [0.2, 0.25) is 0 Å². The standard InChI is InChI=1S/C28H21F3N6O4/c29-18-7-4-8-19(13-18)36-26(39)24-25(27(36)40)35(34-32-24)15-23(38)37-22(17-5-2-1-3-6-17)14-21(33-37)16-9-11-20(12-10-16)41-28(30)31/h1-13,22,24-25,28H,14-15H2. The van der Waals surface area contributed by atoms with Gasteiger partial charge in [-0.15, -0.1) is 0 Å². The number of hydrazone groups is 1. The maximum absolute atomic E-state index is 13.8. The number of ether oxygens (including phenoxy) is 1. The molecule has 3 aliphatic heterocycles. The summed E-state index contributed by atoms with van der Waals surface area (Å²) in [7, 11) is 0. The minimum atomic E-state index is -2.95. The van der Waals surface area contributed by atoms with E-state index >= 15 is 0 Å². The van der Waals surface area contributed by atoms with Crippen molar-refractivity contribution < 1.29 is 32.3 Å². The summed E-state index contributed by atoms with van der Waals surface area (Å²) in [6.07, 6.45) is 0.336. The fraction of sp³-hybridized carbons (Fsp3) is 0.214. The molecule has 13 heteroatoms. The molecule has 0 aromatic heterocycles. The number of hydrogen-bond donors (Lipinski definition) is 0. The Kier molecular flexibility index (Phi) is 6.69. The Morgan fingerprint density at radius 2 is 1.73 bits per heavy atom. The molecule has 1 saturated heterocycles. The maximum atomic E-state index is 13.8. The van der Waals surface area contributed by atoms with Crippen LogP contribution in [0.5, 0.6) is 5.75 Å². The fourth-order valence-electron chi connectivity index (χ4n) is 5.11. The van der Waals surface area contributed by atoms with E-state index in [-0.39, 0.29) is 11.4 Å². The largest absolute Gasteiger partial charge is 0.435 e. The van der Waals surface area contributed by atoms with Crippen LogP contribution in [0.1, 0.15) is 23.6 Å². The Morgan fingerprint density at radius 1 is 0.976 bits per heavy atom. The van der Waals surface area contributed by atoms with Crippen molar-refractivity contribution in [1.82, 2.24) is 10.0 Å². The lowest BCUT2D eigenvalue weighted by atomic mass is 9.98. The number of fused-ring (bicyclic) bond motifs is 1. The Morgan fingerprint density at radius 3 is 2.44 bits per heavy atom. The summed E-state index contributed by atoms with van der Waals surface area (Å²) in [6, 6.07) is 17.4. The van der Waals surface area contributed by atoms with Crippen molar-refractivity contribution in [2.75, 3.05) is 11.4 Å². The van der Waals surface area contributed by atoms with Gasteiger partial charge in [-0.25, -0.2) is 14.3 Å². The van der Waals surface area contributed by atoms with Crippen molar-refractivity contribution in [3.05, 3.63) is 95.8 Å². The lowest BCUT2D eigenvalue weighted by molar-refractivity contribution is -0.135. The summed E-state index contributed by atoms with van der Waals surface area (Å²) < 4.78 is 43.3. The number of nitrogens with zero attached hydrogens (tertiary/aromatic N) is 6. The number of benzene rings is 3. The van der Waals surface area contributed by atoms with Crippen LogP contribution in [0.3, 0.4) is 0 Å². The van der Waals surface area contributed by atoms with Crippen LogP contribution in [0.25, 0.3) is 0 Å². The Hall–Kier alpha value is -5.07. The van der Waals surface area contributed by atoms with Gasteiger partial charge in [0, 0.05) is 6.42 Å². The molecule has 208 valence electrons. The summed E-state index contributed by atoms with van der Waals surface area (Å²) in [5, 5.41) is 14.9. The normalized spacial score (nSPS) is 21.6. The van der Waals surface area contributed by atoms with Crippen LogP contribution >= 0.6 is 0 Å². The van der Waals surface area contributed by atoms with Crippen LogP contribution in [-0.2, 0) is 14.4 Å². The van der Waals surface area contributed by atoms with Gasteiger partial charge in [-0.1, -0.05) is 41.6 Å². The summed E-state index contributed by atoms with van der Waals surface area (Å²) in [5.41, 5.74) is 2.04. The lowest BCUT2D eigenvalue weighted by Crippen LogP contribution is -2.44. The van der Waals surface area contributed by atoms with Crippen molar-refractivity contribution in [2.45, 2.75) is 31.2 Å². The first kappa shape index (κ1) is 26.2. The number of rotatable bonds is 7. The molecule has 0 aliphatic carbocycles. The molecule has 0 radical (unpaired) electrons. The highest BCUT2D eigenvalue weighted by Gasteiger charge is 2.55. The van der Waals surface area contributed by atoms with Gasteiger partial charge in [0.15, 0.2) is 12.1 Å². The number of carbonyl (C=O) groups excluding carboxylic acids is 3. The Balaban J connectivity index is 1.24. The topological polar surface area (TPSA) is 107 Å². The second kappa shape index (κ2) is 10.5. The van der Waals surface area contributed by atoms with Gasteiger partial charge in [0.25, 0.3) is 17.7 Å². The zero-order valence-electron chi connectivity index (χ0n) is 21.2. The fourth-order valence-corrected chi connectivity index (χ4v) is 5.11. The molecule has 3 amide bonds. The Labute approximate surface area is 231 Å². The molecule has 3 heterocycles. The third kappa shape index (κ3) is 4.90. The molecule has 41 heavy (non-hydrogen) atoms. The van der Waals surface area contributed by atoms with Crippen molar-refractivity contribution in [2.24, 2.45) is 15.4 Å². The van der Waals surface area contributed by atoms with Gasteiger partial charge < -0.3 is 4.74 Å². The first-order chi connectivity index (χ1) is 19.8. The predicted octanol–water partition coefficient (Wildman–Crippen LogP) is 4.10. The van der Waals surface area contributed by atoms with E-state index in [1.165, 1.54) is 35.3 Å². The van der Waals surface area contributed by atoms with E-state index in [0.717, 1.165) is 21.5 Å². The number of alkyl halides is 2. The molecule has 3 atom stereocenters. The van der Waals surface area contributed by atoms with Crippen LogP contribution in [0, 0.1) is 5.82 Å². The number of imide groups is 1. The van der Waals surface area contributed by atoms with E-state index in [1.54, 1.807) is 12.1 Å². The van der Waals surface area contributed by atoms with E-state index in [2.05, 4.69) is 20.2 Å².